The molecule has 0 spiro atoms. The lowest BCUT2D eigenvalue weighted by Gasteiger charge is -2.14. The van der Waals surface area contributed by atoms with E-state index in [4.69, 9.17) is 9.59 Å². The van der Waals surface area contributed by atoms with Gasteiger partial charge in [0.25, 0.3) is 0 Å². The third-order valence-corrected chi connectivity index (χ3v) is 9.58. The van der Waals surface area contributed by atoms with Gasteiger partial charge in [0, 0.05) is 1.43 Å². The van der Waals surface area contributed by atoms with Gasteiger partial charge in [-0.3, -0.25) is 0 Å². The van der Waals surface area contributed by atoms with Crippen LogP contribution < -0.4 is 0 Å². The number of carbonyl (C=O) groups is 2. The Morgan fingerprint density at radius 3 is 0.722 bits per heavy atom. The second-order valence-electron chi connectivity index (χ2n) is 15.2. The minimum absolute atomic E-state index is 0. The van der Waals surface area contributed by atoms with E-state index in [-0.39, 0.29) is 1.43 Å². The van der Waals surface area contributed by atoms with E-state index in [1.165, 1.54) is 231 Å². The number of hydrogen-bond acceptors (Lipinski definition) is 2. The summed E-state index contributed by atoms with van der Waals surface area (Å²) in [6, 6.07) is 0. The minimum Gasteiger partial charge on any atom is -0.307 e. The Balaban J connectivity index is -0.000000316. The summed E-state index contributed by atoms with van der Waals surface area (Å²) in [7, 11) is 0. The highest BCUT2D eigenvalue weighted by Gasteiger charge is 2.06. The molecule has 0 aliphatic carbocycles. The van der Waals surface area contributed by atoms with Crippen LogP contribution in [0.1, 0.15) is 295 Å². The molecule has 2 heteroatoms. The molecule has 0 radical (unpaired) electrons. The maximum atomic E-state index is 8.00. The van der Waals surface area contributed by atoms with Crippen molar-refractivity contribution in [3.63, 3.8) is 0 Å². The molecule has 0 aliphatic rings. The van der Waals surface area contributed by atoms with Crippen molar-refractivity contribution in [2.75, 3.05) is 0 Å². The van der Waals surface area contributed by atoms with Crippen molar-refractivity contribution in [3.8, 4) is 0 Å². The lowest BCUT2D eigenvalue weighted by atomic mass is 9.92. The fourth-order valence-corrected chi connectivity index (χ4v) is 6.44. The van der Waals surface area contributed by atoms with E-state index in [0.29, 0.717) is 0 Å². The van der Waals surface area contributed by atoms with Crippen molar-refractivity contribution < 1.29 is 11.0 Å². The molecule has 0 fully saturated rings. The summed E-state index contributed by atoms with van der Waals surface area (Å²) in [4.78, 5) is 16.0. The van der Waals surface area contributed by atoms with Crippen LogP contribution >= 0.6 is 0 Å². The van der Waals surface area contributed by atoms with Gasteiger partial charge < -0.3 is 9.59 Å². The molecule has 0 saturated heterocycles. The van der Waals surface area contributed by atoms with Gasteiger partial charge in [-0.15, -0.1) is 0 Å². The van der Waals surface area contributed by atoms with Gasteiger partial charge in [-0.05, 0) is 57.3 Å². The van der Waals surface area contributed by atoms with E-state index in [0.717, 1.165) is 5.92 Å². The highest BCUT2D eigenvalue weighted by molar-refractivity contribution is 5.11. The van der Waals surface area contributed by atoms with E-state index in [1.807, 2.05) is 27.4 Å². The van der Waals surface area contributed by atoms with E-state index < -0.39 is 0 Å². The van der Waals surface area contributed by atoms with Crippen LogP contribution in [0.2, 0.25) is 0 Å². The van der Waals surface area contributed by atoms with Crippen LogP contribution in [0.3, 0.4) is 0 Å². The molecule has 2 nitrogen and oxygen atoms in total. The van der Waals surface area contributed by atoms with E-state index in [2.05, 4.69) is 72.8 Å². The van der Waals surface area contributed by atoms with Gasteiger partial charge in [-0.2, -0.15) is 0 Å². The lowest BCUT2D eigenvalue weighted by molar-refractivity contribution is -0.0987. The molecule has 0 heterocycles. The normalized spacial score (nSPS) is 10.8. The molecule has 54 heavy (non-hydrogen) atoms. The zero-order valence-electron chi connectivity index (χ0n) is 39.6. The van der Waals surface area contributed by atoms with Crippen LogP contribution in [0.25, 0.3) is 0 Å². The Bertz CT molecular complexity index is 586. The molecule has 0 aromatic rings. The van der Waals surface area contributed by atoms with Crippen molar-refractivity contribution in [1.29, 1.82) is 0 Å². The third-order valence-electron chi connectivity index (χ3n) is 9.58. The highest BCUT2D eigenvalue weighted by atomic mass is 16.1. The van der Waals surface area contributed by atoms with Crippen molar-refractivity contribution >= 4 is 13.6 Å². The smallest absolute Gasteiger partial charge is 0.106 e. The first kappa shape index (κ1) is 64.7. The summed E-state index contributed by atoms with van der Waals surface area (Å²) < 4.78 is 0. The van der Waals surface area contributed by atoms with Crippen LogP contribution in [0.5, 0.6) is 0 Å². The zero-order chi connectivity index (χ0) is 41.9. The second-order valence-corrected chi connectivity index (χ2v) is 15.2. The molecule has 0 saturated carbocycles. The van der Waals surface area contributed by atoms with Crippen LogP contribution in [-0.2, 0) is 9.59 Å². The first-order valence-electron chi connectivity index (χ1n) is 24.6. The molecule has 0 aromatic heterocycles. The van der Waals surface area contributed by atoms with E-state index in [1.54, 1.807) is 0 Å². The SMILES string of the molecule is C=O.C=O.CC.CCC.CCC.CCCCCCCC/C=C\CCCCCCCCCCC(CC)CCCCCCCCC/C=C\CCCCCCCC.[HH]. The quantitative estimate of drug-likeness (QED) is 0.0470. The molecular formula is C52H110O2. The molecule has 0 N–H and O–H groups in total. The standard InChI is InChI=1S/C42H82.2C3H8.C2H6.2CH2O.H2/c1-4-7-9-11-13-15-17-19-21-23-25-27-29-31-33-35-37-39-41-42(6-3)40-38-36-34-32-30-28-26-24-22-20-18-16-14-12-10-8-5-2;2*1-3-2;3*1-2;/h19-22,42H,4-18,23-41H2,1-3H3;2*3H2,1-2H3;1-2H3;2*1H2;1H/b21-19-,22-20-;;;;;;. The molecule has 0 rings (SSSR count). The number of hydrogen-bond donors (Lipinski definition) is 0. The molecule has 0 aromatic carbocycles. The molecule has 1 unspecified atom stereocenters. The van der Waals surface area contributed by atoms with Crippen LogP contribution in [-0.4, -0.2) is 13.6 Å². The number of unbranched alkanes of at least 4 members (excludes halogenated alkanes) is 27. The second kappa shape index (κ2) is 76.5. The maximum Gasteiger partial charge on any atom is 0.106 e. The van der Waals surface area contributed by atoms with E-state index in [9.17, 15) is 0 Å². The van der Waals surface area contributed by atoms with Crippen LogP contribution in [0.15, 0.2) is 24.3 Å². The zero-order valence-corrected chi connectivity index (χ0v) is 39.6. The monoisotopic (exact) mass is 767 g/mol. The van der Waals surface area contributed by atoms with Gasteiger partial charge in [-0.1, -0.05) is 266 Å². The Hall–Kier alpha value is -1.18. The van der Waals surface area contributed by atoms with Crippen LogP contribution in [0.4, 0.5) is 0 Å². The number of allylic oxidation sites excluding steroid dienone is 4. The average molecular weight is 767 g/mol. The lowest BCUT2D eigenvalue weighted by Crippen LogP contribution is -1.99. The maximum absolute atomic E-state index is 8.00. The number of rotatable bonds is 36. The van der Waals surface area contributed by atoms with Crippen LogP contribution in [0, 0.1) is 5.92 Å². The summed E-state index contributed by atoms with van der Waals surface area (Å²) in [5.41, 5.74) is 0. The molecule has 1 atom stereocenters. The first-order chi connectivity index (χ1) is 26.7. The molecule has 330 valence electrons. The highest BCUT2D eigenvalue weighted by Crippen LogP contribution is 2.22. The average Bonchev–Trinajstić information content (AvgIpc) is 3.20. The molecule has 0 aliphatic heterocycles. The predicted molar refractivity (Wildman–Crippen MR) is 255 cm³/mol. The van der Waals surface area contributed by atoms with Gasteiger partial charge in [0.15, 0.2) is 0 Å². The summed E-state index contributed by atoms with van der Waals surface area (Å²) in [6.45, 7) is 23.5. The van der Waals surface area contributed by atoms with Gasteiger partial charge in [-0.25, -0.2) is 0 Å². The number of carbonyl (C=O) groups excluding carboxylic acids is 2. The summed E-state index contributed by atoms with van der Waals surface area (Å²) in [6.07, 6.45) is 60.8. The Labute approximate surface area is 347 Å². The Morgan fingerprint density at radius 2 is 0.519 bits per heavy atom. The summed E-state index contributed by atoms with van der Waals surface area (Å²) in [5, 5.41) is 0. The van der Waals surface area contributed by atoms with Gasteiger partial charge >= 0.3 is 0 Å². The fourth-order valence-electron chi connectivity index (χ4n) is 6.44. The minimum atomic E-state index is 0. The summed E-state index contributed by atoms with van der Waals surface area (Å²) in [5.74, 6) is 1.00. The largest absolute Gasteiger partial charge is 0.307 e. The van der Waals surface area contributed by atoms with Crippen molar-refractivity contribution in [3.05, 3.63) is 24.3 Å². The molecule has 0 amide bonds. The van der Waals surface area contributed by atoms with E-state index >= 15 is 0 Å². The fraction of sp³-hybridized carbons (Fsp3) is 0.885. The van der Waals surface area contributed by atoms with Gasteiger partial charge in [0.1, 0.15) is 13.6 Å². The third kappa shape index (κ3) is 79.5. The molecule has 0 bridgehead atoms. The summed E-state index contributed by atoms with van der Waals surface area (Å²) >= 11 is 0. The van der Waals surface area contributed by atoms with Gasteiger partial charge in [0.2, 0.25) is 0 Å². The van der Waals surface area contributed by atoms with Crippen molar-refractivity contribution in [2.24, 2.45) is 5.92 Å². The predicted octanol–water partition coefficient (Wildman–Crippen LogP) is 19.8. The van der Waals surface area contributed by atoms with Gasteiger partial charge in [0.05, 0.1) is 0 Å². The first-order valence-corrected chi connectivity index (χ1v) is 24.6. The van der Waals surface area contributed by atoms with Crippen molar-refractivity contribution in [1.82, 2.24) is 0 Å². The van der Waals surface area contributed by atoms with Crippen molar-refractivity contribution in [2.45, 2.75) is 293 Å². The Kier molecular flexibility index (Phi) is 91.7. The Morgan fingerprint density at radius 1 is 0.333 bits per heavy atom. The molecular weight excluding hydrogens is 657 g/mol. The topological polar surface area (TPSA) is 34.1 Å².